The van der Waals surface area contributed by atoms with Crippen LogP contribution >= 0.6 is 0 Å². The van der Waals surface area contributed by atoms with Gasteiger partial charge in [-0.1, -0.05) is 0 Å². The summed E-state index contributed by atoms with van der Waals surface area (Å²) in [7, 11) is 0. The minimum absolute atomic E-state index is 0.000556. The maximum absolute atomic E-state index is 10.8. The predicted molar refractivity (Wildman–Crippen MR) is 45.6 cm³/mol. The Balaban J connectivity index is 3.25. The number of amides is 1. The van der Waals surface area contributed by atoms with Crippen LogP contribution in [0.15, 0.2) is 6.33 Å². The molecule has 0 aliphatic carbocycles. The van der Waals surface area contributed by atoms with Crippen molar-refractivity contribution in [1.29, 1.82) is 10.5 Å². The lowest BCUT2D eigenvalue weighted by molar-refractivity contribution is -0.120. The summed E-state index contributed by atoms with van der Waals surface area (Å²) in [6, 6.07) is 2.87. The summed E-state index contributed by atoms with van der Waals surface area (Å²) in [5.74, 6) is -0.580. The van der Waals surface area contributed by atoms with Crippen LogP contribution in [-0.2, 0) is 4.79 Å². The van der Waals surface area contributed by atoms with E-state index in [1.54, 1.807) is 12.1 Å². The van der Waals surface area contributed by atoms with E-state index in [1.807, 2.05) is 0 Å². The van der Waals surface area contributed by atoms with Gasteiger partial charge >= 0.3 is 0 Å². The molecule has 1 rings (SSSR count). The number of primary amides is 1. The van der Waals surface area contributed by atoms with Gasteiger partial charge in [0.25, 0.3) is 0 Å². The maximum atomic E-state index is 10.8. The first-order valence-electron chi connectivity index (χ1n) is 3.78. The van der Waals surface area contributed by atoms with Crippen molar-refractivity contribution in [2.45, 2.75) is 13.0 Å². The largest absolute Gasteiger partial charge is 0.368 e. The predicted octanol–water partition coefficient (Wildman–Crippen LogP) is -0.327. The Morgan fingerprint density at radius 1 is 1.64 bits per heavy atom. The average molecular weight is 189 g/mol. The molecule has 6 heteroatoms. The van der Waals surface area contributed by atoms with Crippen LogP contribution in [0.25, 0.3) is 0 Å². The first-order chi connectivity index (χ1) is 6.61. The van der Waals surface area contributed by atoms with Gasteiger partial charge in [0.15, 0.2) is 11.4 Å². The third-order valence-corrected chi connectivity index (χ3v) is 1.83. The van der Waals surface area contributed by atoms with Crippen LogP contribution in [0, 0.1) is 22.7 Å². The Morgan fingerprint density at radius 3 is 2.71 bits per heavy atom. The van der Waals surface area contributed by atoms with Crippen molar-refractivity contribution >= 4 is 5.91 Å². The lowest BCUT2D eigenvalue weighted by Gasteiger charge is -2.08. The van der Waals surface area contributed by atoms with Gasteiger partial charge in [0, 0.05) is 0 Å². The first kappa shape index (κ1) is 9.75. The van der Waals surface area contributed by atoms with Gasteiger partial charge in [-0.25, -0.2) is 4.98 Å². The molecule has 1 amide bonds. The third kappa shape index (κ3) is 1.41. The van der Waals surface area contributed by atoms with E-state index in [-0.39, 0.29) is 11.4 Å². The molecule has 2 N–H and O–H groups in total. The van der Waals surface area contributed by atoms with Gasteiger partial charge in [0.1, 0.15) is 18.2 Å². The van der Waals surface area contributed by atoms with Crippen molar-refractivity contribution < 1.29 is 4.79 Å². The van der Waals surface area contributed by atoms with Crippen LogP contribution in [0.2, 0.25) is 0 Å². The van der Waals surface area contributed by atoms with Gasteiger partial charge in [0.05, 0.1) is 6.33 Å². The molecule has 0 aromatic carbocycles. The summed E-state index contributed by atoms with van der Waals surface area (Å²) >= 11 is 0. The van der Waals surface area contributed by atoms with E-state index in [0.29, 0.717) is 0 Å². The smallest absolute Gasteiger partial charge is 0.240 e. The number of rotatable bonds is 2. The second-order valence-electron chi connectivity index (χ2n) is 2.65. The zero-order valence-corrected chi connectivity index (χ0v) is 7.43. The minimum atomic E-state index is -0.681. The van der Waals surface area contributed by atoms with Crippen molar-refractivity contribution in [2.75, 3.05) is 0 Å². The minimum Gasteiger partial charge on any atom is -0.368 e. The van der Waals surface area contributed by atoms with E-state index in [2.05, 4.69) is 4.98 Å². The van der Waals surface area contributed by atoms with Crippen LogP contribution in [0.1, 0.15) is 24.4 Å². The van der Waals surface area contributed by atoms with Gasteiger partial charge in [-0.05, 0) is 6.92 Å². The molecule has 0 saturated carbocycles. The summed E-state index contributed by atoms with van der Waals surface area (Å²) in [5.41, 5.74) is 5.12. The normalized spacial score (nSPS) is 11.4. The standard InChI is InChI=1S/C8H7N5O/c1-5(8(11)14)13-4-12-6(2-9)7(13)3-10/h4-5H,1H3,(H2,11,14). The van der Waals surface area contributed by atoms with E-state index in [4.69, 9.17) is 16.3 Å². The van der Waals surface area contributed by atoms with Crippen molar-refractivity contribution in [1.82, 2.24) is 9.55 Å². The first-order valence-corrected chi connectivity index (χ1v) is 3.78. The molecule has 1 heterocycles. The van der Waals surface area contributed by atoms with Crippen molar-refractivity contribution in [3.05, 3.63) is 17.7 Å². The summed E-state index contributed by atoms with van der Waals surface area (Å²) in [4.78, 5) is 14.5. The number of carbonyl (C=O) groups is 1. The summed E-state index contributed by atoms with van der Waals surface area (Å²) < 4.78 is 1.28. The summed E-state index contributed by atoms with van der Waals surface area (Å²) in [6.45, 7) is 1.53. The second kappa shape index (κ2) is 3.58. The van der Waals surface area contributed by atoms with Crippen LogP contribution in [0.5, 0.6) is 0 Å². The molecule has 1 atom stereocenters. The number of hydrogen-bond donors (Lipinski definition) is 1. The van der Waals surface area contributed by atoms with Crippen LogP contribution in [0.4, 0.5) is 0 Å². The molecule has 1 unspecified atom stereocenters. The van der Waals surface area contributed by atoms with E-state index in [0.717, 1.165) is 0 Å². The molecule has 0 fully saturated rings. The monoisotopic (exact) mass is 189 g/mol. The topological polar surface area (TPSA) is 108 Å². The molecule has 6 nitrogen and oxygen atoms in total. The second-order valence-corrected chi connectivity index (χ2v) is 2.65. The zero-order chi connectivity index (χ0) is 10.7. The highest BCUT2D eigenvalue weighted by atomic mass is 16.1. The number of carbonyl (C=O) groups excluding carboxylic acids is 1. The van der Waals surface area contributed by atoms with Crippen molar-refractivity contribution in [2.24, 2.45) is 5.73 Å². The highest BCUT2D eigenvalue weighted by Gasteiger charge is 2.18. The Bertz CT molecular complexity index is 447. The Labute approximate surface area is 80.2 Å². The van der Waals surface area contributed by atoms with E-state index in [1.165, 1.54) is 17.8 Å². The van der Waals surface area contributed by atoms with Gasteiger partial charge in [-0.2, -0.15) is 10.5 Å². The van der Waals surface area contributed by atoms with Gasteiger partial charge < -0.3 is 10.3 Å². The molecule has 14 heavy (non-hydrogen) atoms. The summed E-state index contributed by atoms with van der Waals surface area (Å²) in [5, 5.41) is 17.3. The Kier molecular flexibility index (Phi) is 2.49. The number of hydrogen-bond acceptors (Lipinski definition) is 4. The molecule has 70 valence electrons. The molecule has 1 aromatic heterocycles. The van der Waals surface area contributed by atoms with Gasteiger partial charge in [0.2, 0.25) is 5.91 Å². The fourth-order valence-corrected chi connectivity index (χ4v) is 0.984. The number of aromatic nitrogens is 2. The van der Waals surface area contributed by atoms with E-state index in [9.17, 15) is 4.79 Å². The third-order valence-electron chi connectivity index (χ3n) is 1.83. The summed E-state index contributed by atoms with van der Waals surface area (Å²) in [6.07, 6.45) is 1.26. The molecular weight excluding hydrogens is 182 g/mol. The number of nitriles is 2. The van der Waals surface area contributed by atoms with Crippen molar-refractivity contribution in [3.63, 3.8) is 0 Å². The number of nitrogens with zero attached hydrogens (tertiary/aromatic N) is 4. The Morgan fingerprint density at radius 2 is 2.29 bits per heavy atom. The lowest BCUT2D eigenvalue weighted by Crippen LogP contribution is -2.24. The Hall–Kier alpha value is -2.34. The van der Waals surface area contributed by atoms with E-state index < -0.39 is 11.9 Å². The zero-order valence-electron chi connectivity index (χ0n) is 7.43. The van der Waals surface area contributed by atoms with E-state index >= 15 is 0 Å². The SMILES string of the molecule is CC(C(N)=O)n1cnc(C#N)c1C#N. The average Bonchev–Trinajstić information content (AvgIpc) is 2.58. The molecule has 0 aliphatic heterocycles. The van der Waals surface area contributed by atoms with Crippen molar-refractivity contribution in [3.8, 4) is 12.1 Å². The quantitative estimate of drug-likeness (QED) is 0.687. The highest BCUT2D eigenvalue weighted by molar-refractivity contribution is 5.78. The lowest BCUT2D eigenvalue weighted by atomic mass is 10.3. The fourth-order valence-electron chi connectivity index (χ4n) is 0.984. The fraction of sp³-hybridized carbons (Fsp3) is 0.250. The molecule has 0 saturated heterocycles. The van der Waals surface area contributed by atoms with Crippen LogP contribution in [0.3, 0.4) is 0 Å². The molecule has 1 aromatic rings. The maximum Gasteiger partial charge on any atom is 0.240 e. The molecule has 0 aliphatic rings. The number of imidazole rings is 1. The number of nitrogens with two attached hydrogens (primary N) is 1. The van der Waals surface area contributed by atoms with Crippen LogP contribution < -0.4 is 5.73 Å². The van der Waals surface area contributed by atoms with Gasteiger partial charge in [-0.15, -0.1) is 0 Å². The highest BCUT2D eigenvalue weighted by Crippen LogP contribution is 2.12. The molecule has 0 spiro atoms. The van der Waals surface area contributed by atoms with Crippen LogP contribution in [-0.4, -0.2) is 15.5 Å². The van der Waals surface area contributed by atoms with Gasteiger partial charge in [-0.3, -0.25) is 4.79 Å². The molecule has 0 bridgehead atoms. The molecule has 0 radical (unpaired) electrons. The molecular formula is C8H7N5O.